The quantitative estimate of drug-likeness (QED) is 0.848. The third-order valence-corrected chi connectivity index (χ3v) is 2.83. The Morgan fingerprint density at radius 2 is 2.14 bits per heavy atom. The third-order valence-electron chi connectivity index (χ3n) is 2.83. The van der Waals surface area contributed by atoms with Gasteiger partial charge < -0.3 is 14.5 Å². The van der Waals surface area contributed by atoms with Crippen LogP contribution in [0.25, 0.3) is 0 Å². The largest absolute Gasteiger partial charge is 0.392 e. The number of amides is 1. The molecule has 1 amide bonds. The van der Waals surface area contributed by atoms with Crippen LogP contribution in [0.3, 0.4) is 0 Å². The number of carbonyl (C=O) groups excluding carboxylic acids is 1. The lowest BCUT2D eigenvalue weighted by atomic mass is 10.2. The molecule has 1 heterocycles. The molecule has 1 atom stereocenters. The van der Waals surface area contributed by atoms with Crippen LogP contribution < -0.4 is 10.2 Å². The van der Waals surface area contributed by atoms with E-state index in [1.807, 2.05) is 35.2 Å². The number of rotatable bonds is 6. The van der Waals surface area contributed by atoms with Gasteiger partial charge >= 0.3 is 0 Å². The number of anilines is 2. The molecule has 0 saturated carbocycles. The molecule has 112 valence electrons. The first-order valence-corrected chi connectivity index (χ1v) is 6.76. The molecule has 0 radical (unpaired) electrons. The molecule has 0 aliphatic rings. The number of aliphatic hydroxyl groups is 1. The summed E-state index contributed by atoms with van der Waals surface area (Å²) in [7, 11) is 0. The Morgan fingerprint density at radius 3 is 2.71 bits per heavy atom. The number of nitrogens with zero attached hydrogens (tertiary/aromatic N) is 2. The molecule has 1 aromatic carbocycles. The van der Waals surface area contributed by atoms with Crippen molar-refractivity contribution in [3.8, 4) is 0 Å². The fourth-order valence-corrected chi connectivity index (χ4v) is 1.99. The zero-order valence-electron chi connectivity index (χ0n) is 12.1. The van der Waals surface area contributed by atoms with E-state index in [0.29, 0.717) is 18.1 Å². The predicted molar refractivity (Wildman–Crippen MR) is 80.2 cm³/mol. The van der Waals surface area contributed by atoms with Gasteiger partial charge in [0.15, 0.2) is 0 Å². The fraction of sp³-hybridized carbons (Fsp3) is 0.333. The second-order valence-electron chi connectivity index (χ2n) is 4.95. The summed E-state index contributed by atoms with van der Waals surface area (Å²) in [6.07, 6.45) is -0.537. The molecule has 6 nitrogen and oxygen atoms in total. The molecule has 2 N–H and O–H groups in total. The van der Waals surface area contributed by atoms with Crippen molar-refractivity contribution in [1.82, 2.24) is 5.16 Å². The zero-order valence-corrected chi connectivity index (χ0v) is 12.1. The molecule has 21 heavy (non-hydrogen) atoms. The number of para-hydroxylation sites is 1. The standard InChI is InChI=1S/C15H19N3O3/c1-11-8-15(21-17-11)16-14(20)10-18(9-12(2)19)13-6-4-3-5-7-13/h3-8,12,19H,9-10H2,1-2H3,(H,16,20)/t12-/m0/s1. The first kappa shape index (κ1) is 15.1. The minimum atomic E-state index is -0.537. The van der Waals surface area contributed by atoms with E-state index in [1.165, 1.54) is 0 Å². The summed E-state index contributed by atoms with van der Waals surface area (Å²) in [5.74, 6) is 0.0956. The van der Waals surface area contributed by atoms with E-state index in [1.54, 1.807) is 19.9 Å². The highest BCUT2D eigenvalue weighted by Gasteiger charge is 2.15. The van der Waals surface area contributed by atoms with Gasteiger partial charge in [-0.25, -0.2) is 0 Å². The van der Waals surface area contributed by atoms with E-state index in [9.17, 15) is 9.90 Å². The molecule has 6 heteroatoms. The van der Waals surface area contributed by atoms with Crippen molar-refractivity contribution >= 4 is 17.5 Å². The van der Waals surface area contributed by atoms with Crippen LogP contribution in [0.4, 0.5) is 11.6 Å². The molecule has 0 saturated heterocycles. The molecular weight excluding hydrogens is 270 g/mol. The van der Waals surface area contributed by atoms with Crippen molar-refractivity contribution in [2.75, 3.05) is 23.3 Å². The van der Waals surface area contributed by atoms with Crippen LogP contribution in [-0.4, -0.2) is 35.4 Å². The smallest absolute Gasteiger partial charge is 0.246 e. The second kappa shape index (κ2) is 6.90. The number of aliphatic hydroxyl groups excluding tert-OH is 1. The van der Waals surface area contributed by atoms with E-state index >= 15 is 0 Å². The average molecular weight is 289 g/mol. The van der Waals surface area contributed by atoms with Crippen LogP contribution in [0.2, 0.25) is 0 Å². The lowest BCUT2D eigenvalue weighted by molar-refractivity contribution is -0.115. The minimum Gasteiger partial charge on any atom is -0.392 e. The molecule has 2 aromatic rings. The number of benzene rings is 1. The summed E-state index contributed by atoms with van der Waals surface area (Å²) in [5, 5.41) is 15.9. The van der Waals surface area contributed by atoms with Crippen molar-refractivity contribution in [2.24, 2.45) is 0 Å². The summed E-state index contributed by atoms with van der Waals surface area (Å²) in [4.78, 5) is 13.9. The van der Waals surface area contributed by atoms with Gasteiger partial charge in [-0.1, -0.05) is 23.4 Å². The van der Waals surface area contributed by atoms with E-state index < -0.39 is 6.10 Å². The molecule has 0 aliphatic carbocycles. The summed E-state index contributed by atoms with van der Waals surface area (Å²) in [5.41, 5.74) is 1.58. The maximum Gasteiger partial charge on any atom is 0.246 e. The van der Waals surface area contributed by atoms with Gasteiger partial charge in [0, 0.05) is 18.3 Å². The van der Waals surface area contributed by atoms with Crippen LogP contribution in [0.5, 0.6) is 0 Å². The Morgan fingerprint density at radius 1 is 1.43 bits per heavy atom. The lowest BCUT2D eigenvalue weighted by Crippen LogP contribution is -2.37. The number of aryl methyl sites for hydroxylation is 1. The van der Waals surface area contributed by atoms with Crippen molar-refractivity contribution in [3.05, 3.63) is 42.1 Å². The summed E-state index contributed by atoms with van der Waals surface area (Å²) >= 11 is 0. The van der Waals surface area contributed by atoms with Crippen molar-refractivity contribution in [3.63, 3.8) is 0 Å². The van der Waals surface area contributed by atoms with Crippen molar-refractivity contribution in [1.29, 1.82) is 0 Å². The Balaban J connectivity index is 2.02. The lowest BCUT2D eigenvalue weighted by Gasteiger charge is -2.25. The van der Waals surface area contributed by atoms with Crippen LogP contribution >= 0.6 is 0 Å². The number of hydrogen-bond donors (Lipinski definition) is 2. The average Bonchev–Trinajstić information content (AvgIpc) is 2.83. The van der Waals surface area contributed by atoms with Gasteiger partial charge in [-0.2, -0.15) is 0 Å². The predicted octanol–water partition coefficient (Wildman–Crippen LogP) is 1.81. The monoisotopic (exact) mass is 289 g/mol. The zero-order chi connectivity index (χ0) is 15.2. The van der Waals surface area contributed by atoms with Crippen LogP contribution in [0, 0.1) is 6.92 Å². The Hall–Kier alpha value is -2.34. The number of nitrogens with one attached hydrogen (secondary N) is 1. The topological polar surface area (TPSA) is 78.6 Å². The van der Waals surface area contributed by atoms with Gasteiger partial charge in [0.1, 0.15) is 0 Å². The van der Waals surface area contributed by atoms with Crippen molar-refractivity contribution < 1.29 is 14.4 Å². The van der Waals surface area contributed by atoms with Crippen LogP contribution in [-0.2, 0) is 4.79 Å². The molecule has 0 aliphatic heterocycles. The molecule has 0 unspecified atom stereocenters. The maximum absolute atomic E-state index is 12.1. The number of hydrogen-bond acceptors (Lipinski definition) is 5. The van der Waals surface area contributed by atoms with Crippen LogP contribution in [0.1, 0.15) is 12.6 Å². The van der Waals surface area contributed by atoms with Gasteiger partial charge in [-0.15, -0.1) is 0 Å². The fourth-order valence-electron chi connectivity index (χ4n) is 1.99. The van der Waals surface area contributed by atoms with E-state index in [4.69, 9.17) is 4.52 Å². The minimum absolute atomic E-state index is 0.120. The number of carbonyl (C=O) groups is 1. The van der Waals surface area contributed by atoms with E-state index in [2.05, 4.69) is 10.5 Å². The Labute approximate surface area is 123 Å². The highest BCUT2D eigenvalue weighted by molar-refractivity contribution is 5.92. The van der Waals surface area contributed by atoms with Gasteiger partial charge in [-0.05, 0) is 26.0 Å². The molecule has 0 bridgehead atoms. The molecular formula is C15H19N3O3. The van der Waals surface area contributed by atoms with E-state index in [0.717, 1.165) is 5.69 Å². The highest BCUT2D eigenvalue weighted by Crippen LogP contribution is 2.14. The SMILES string of the molecule is Cc1cc(NC(=O)CN(C[C@H](C)O)c2ccccc2)on1. The Bertz CT molecular complexity index is 581. The molecule has 2 rings (SSSR count). The maximum atomic E-state index is 12.1. The molecule has 0 fully saturated rings. The summed E-state index contributed by atoms with van der Waals surface area (Å²) in [6, 6.07) is 11.1. The van der Waals surface area contributed by atoms with Gasteiger partial charge in [-0.3, -0.25) is 10.1 Å². The normalized spacial score (nSPS) is 12.0. The van der Waals surface area contributed by atoms with E-state index in [-0.39, 0.29) is 12.5 Å². The summed E-state index contributed by atoms with van der Waals surface area (Å²) in [6.45, 7) is 3.96. The van der Waals surface area contributed by atoms with Gasteiger partial charge in [0.05, 0.1) is 18.3 Å². The van der Waals surface area contributed by atoms with Gasteiger partial charge in [0.2, 0.25) is 11.8 Å². The molecule has 0 spiro atoms. The first-order chi connectivity index (χ1) is 10.0. The van der Waals surface area contributed by atoms with Gasteiger partial charge in [0.25, 0.3) is 0 Å². The first-order valence-electron chi connectivity index (χ1n) is 6.76. The Kier molecular flexibility index (Phi) is 4.94. The summed E-state index contributed by atoms with van der Waals surface area (Å²) < 4.78 is 4.95. The second-order valence-corrected chi connectivity index (χ2v) is 4.95. The third kappa shape index (κ3) is 4.61. The van der Waals surface area contributed by atoms with Crippen LogP contribution in [0.15, 0.2) is 40.9 Å². The highest BCUT2D eigenvalue weighted by atomic mass is 16.5. The number of aromatic nitrogens is 1. The van der Waals surface area contributed by atoms with Crippen molar-refractivity contribution in [2.45, 2.75) is 20.0 Å². The molecule has 1 aromatic heterocycles.